The van der Waals surface area contributed by atoms with Gasteiger partial charge < -0.3 is 4.43 Å². The molecule has 0 bridgehead atoms. The van der Waals surface area contributed by atoms with Gasteiger partial charge in [0, 0.05) is 0 Å². The largest absolute Gasteiger partial charge is 0.413 e. The van der Waals surface area contributed by atoms with Gasteiger partial charge >= 0.3 is 0 Å². The SMILES string of the molecule is CC(C)=CCC[C@@H](C)[C@H]1CC[C@@]2(C)C3=C(CC[C@]12C)[C@@]1(C)CC[C@H](O[Si](C)(C)C(C)(C)C)C(C)(C)C1CC3. The van der Waals surface area contributed by atoms with Crippen molar-refractivity contribution in [2.24, 2.45) is 39.4 Å². The molecule has 0 spiro atoms. The summed E-state index contributed by atoms with van der Waals surface area (Å²) in [6.07, 6.45) is 16.4. The monoisotopic (exact) mass is 540 g/mol. The first-order chi connectivity index (χ1) is 17.3. The van der Waals surface area contributed by atoms with E-state index in [2.05, 4.69) is 95.3 Å². The Morgan fingerprint density at radius 1 is 0.947 bits per heavy atom. The van der Waals surface area contributed by atoms with Crippen LogP contribution in [-0.2, 0) is 4.43 Å². The molecule has 4 rings (SSSR count). The minimum atomic E-state index is -1.79. The van der Waals surface area contributed by atoms with E-state index in [1.54, 1.807) is 0 Å². The second kappa shape index (κ2) is 9.89. The van der Waals surface area contributed by atoms with Gasteiger partial charge in [0.25, 0.3) is 0 Å². The van der Waals surface area contributed by atoms with E-state index in [0.29, 0.717) is 22.3 Å². The highest BCUT2D eigenvalue weighted by molar-refractivity contribution is 6.74. The summed E-state index contributed by atoms with van der Waals surface area (Å²) in [5.74, 6) is 2.45. The molecule has 0 N–H and O–H groups in total. The van der Waals surface area contributed by atoms with Crippen molar-refractivity contribution in [2.45, 2.75) is 165 Å². The number of fused-ring (bicyclic) bond motifs is 4. The van der Waals surface area contributed by atoms with E-state index in [1.165, 1.54) is 69.8 Å². The van der Waals surface area contributed by atoms with Crippen LogP contribution in [0.4, 0.5) is 0 Å². The molecule has 0 aromatic rings. The lowest BCUT2D eigenvalue weighted by Gasteiger charge is -2.63. The molecule has 1 nitrogen and oxygen atoms in total. The van der Waals surface area contributed by atoms with Gasteiger partial charge in [-0.15, -0.1) is 0 Å². The molecule has 4 aliphatic rings. The molecule has 218 valence electrons. The molecular formula is C36H64OSi. The van der Waals surface area contributed by atoms with Crippen molar-refractivity contribution >= 4 is 8.32 Å². The normalized spacial score (nSPS) is 39.8. The zero-order chi connectivity index (χ0) is 28.5. The topological polar surface area (TPSA) is 9.23 Å². The van der Waals surface area contributed by atoms with Crippen LogP contribution in [0.1, 0.15) is 140 Å². The molecule has 7 atom stereocenters. The molecule has 2 fully saturated rings. The summed E-state index contributed by atoms with van der Waals surface area (Å²) >= 11 is 0. The Balaban J connectivity index is 1.61. The third kappa shape index (κ3) is 4.68. The van der Waals surface area contributed by atoms with E-state index < -0.39 is 8.32 Å². The van der Waals surface area contributed by atoms with Crippen LogP contribution in [0.3, 0.4) is 0 Å². The van der Waals surface area contributed by atoms with Crippen LogP contribution in [0.2, 0.25) is 18.1 Å². The van der Waals surface area contributed by atoms with E-state index in [0.717, 1.165) is 17.8 Å². The first-order valence-corrected chi connectivity index (χ1v) is 19.3. The zero-order valence-electron chi connectivity index (χ0n) is 27.9. The second-order valence-corrected chi connectivity index (χ2v) is 22.2. The van der Waals surface area contributed by atoms with Crippen molar-refractivity contribution in [3.63, 3.8) is 0 Å². The molecule has 0 aliphatic heterocycles. The van der Waals surface area contributed by atoms with Crippen LogP contribution in [0.15, 0.2) is 22.8 Å². The number of allylic oxidation sites excluding steroid dienone is 4. The van der Waals surface area contributed by atoms with Crippen molar-refractivity contribution in [1.82, 2.24) is 0 Å². The third-order valence-corrected chi connectivity index (χ3v) is 18.3. The van der Waals surface area contributed by atoms with Crippen LogP contribution in [-0.4, -0.2) is 14.4 Å². The Bertz CT molecular complexity index is 958. The van der Waals surface area contributed by atoms with Crippen LogP contribution in [0, 0.1) is 39.4 Å². The zero-order valence-corrected chi connectivity index (χ0v) is 28.9. The maximum Gasteiger partial charge on any atom is 0.192 e. The maximum atomic E-state index is 7.20. The van der Waals surface area contributed by atoms with E-state index >= 15 is 0 Å². The second-order valence-electron chi connectivity index (χ2n) is 17.4. The highest BCUT2D eigenvalue weighted by Gasteiger charge is 2.63. The maximum absolute atomic E-state index is 7.20. The quantitative estimate of drug-likeness (QED) is 0.240. The Morgan fingerprint density at radius 3 is 2.21 bits per heavy atom. The van der Waals surface area contributed by atoms with Crippen LogP contribution in [0.5, 0.6) is 0 Å². The van der Waals surface area contributed by atoms with E-state index in [9.17, 15) is 0 Å². The lowest BCUT2D eigenvalue weighted by molar-refractivity contribution is -0.0901. The lowest BCUT2D eigenvalue weighted by Crippen LogP contribution is -2.58. The average molecular weight is 541 g/mol. The van der Waals surface area contributed by atoms with Crippen molar-refractivity contribution in [1.29, 1.82) is 0 Å². The summed E-state index contributed by atoms with van der Waals surface area (Å²) in [6, 6.07) is 0. The van der Waals surface area contributed by atoms with Crippen LogP contribution >= 0.6 is 0 Å². The summed E-state index contributed by atoms with van der Waals surface area (Å²) in [5.41, 5.74) is 6.81. The van der Waals surface area contributed by atoms with Gasteiger partial charge in [0.15, 0.2) is 8.32 Å². The molecule has 0 saturated heterocycles. The fraction of sp³-hybridized carbons (Fsp3) is 0.889. The number of hydrogen-bond acceptors (Lipinski definition) is 1. The Kier molecular flexibility index (Phi) is 7.96. The van der Waals surface area contributed by atoms with Gasteiger partial charge in [-0.05, 0) is 136 Å². The van der Waals surface area contributed by atoms with E-state index in [4.69, 9.17) is 4.43 Å². The molecule has 0 aromatic carbocycles. The summed E-state index contributed by atoms with van der Waals surface area (Å²) in [4.78, 5) is 0. The molecule has 38 heavy (non-hydrogen) atoms. The predicted octanol–water partition coefficient (Wildman–Crippen LogP) is 11.5. The lowest BCUT2D eigenvalue weighted by atomic mass is 9.43. The number of rotatable bonds is 6. The van der Waals surface area contributed by atoms with Gasteiger partial charge in [0.05, 0.1) is 6.10 Å². The summed E-state index contributed by atoms with van der Waals surface area (Å²) in [6.45, 7) is 32.5. The highest BCUT2D eigenvalue weighted by atomic mass is 28.4. The van der Waals surface area contributed by atoms with Gasteiger partial charge in [-0.1, -0.05) is 85.1 Å². The van der Waals surface area contributed by atoms with Crippen molar-refractivity contribution < 1.29 is 4.43 Å². The summed E-state index contributed by atoms with van der Waals surface area (Å²) in [5, 5.41) is 0.274. The van der Waals surface area contributed by atoms with Gasteiger partial charge in [-0.2, -0.15) is 0 Å². The van der Waals surface area contributed by atoms with Gasteiger partial charge in [-0.25, -0.2) is 0 Å². The summed E-state index contributed by atoms with van der Waals surface area (Å²) < 4.78 is 7.20. The van der Waals surface area contributed by atoms with Crippen LogP contribution < -0.4 is 0 Å². The smallest absolute Gasteiger partial charge is 0.192 e. The molecule has 2 saturated carbocycles. The standard InChI is InChI=1S/C36H64OSi/c1-25(2)15-14-16-26(3)27-19-23-36(11)29-17-18-30-33(7,8)31(37-38(12,13)32(4,5)6)21-22-34(30,9)28(29)20-24-35(27,36)10/h15,26-27,30-31H,14,16-24H2,1-13H3/t26-,27-,30?,31+,34-,35-,36+/m1/s1. The molecule has 0 heterocycles. The fourth-order valence-corrected chi connectivity index (χ4v) is 11.7. The van der Waals surface area contributed by atoms with Gasteiger partial charge in [0.1, 0.15) is 0 Å². The Hall–Kier alpha value is -0.343. The third-order valence-electron chi connectivity index (χ3n) is 13.9. The molecule has 0 aromatic heterocycles. The van der Waals surface area contributed by atoms with Crippen molar-refractivity contribution in [2.75, 3.05) is 0 Å². The molecule has 0 amide bonds. The van der Waals surface area contributed by atoms with Crippen molar-refractivity contribution in [3.8, 4) is 0 Å². The fourth-order valence-electron chi connectivity index (χ4n) is 10.2. The molecule has 2 heteroatoms. The average Bonchev–Trinajstić information content (AvgIpc) is 3.06. The highest BCUT2D eigenvalue weighted by Crippen LogP contribution is 2.72. The summed E-state index contributed by atoms with van der Waals surface area (Å²) in [7, 11) is -1.79. The number of hydrogen-bond donors (Lipinski definition) is 0. The Labute approximate surface area is 239 Å². The molecular weight excluding hydrogens is 476 g/mol. The predicted molar refractivity (Wildman–Crippen MR) is 169 cm³/mol. The molecule has 0 radical (unpaired) electrons. The van der Waals surface area contributed by atoms with Gasteiger partial charge in [0.2, 0.25) is 0 Å². The van der Waals surface area contributed by atoms with Crippen LogP contribution in [0.25, 0.3) is 0 Å². The minimum Gasteiger partial charge on any atom is -0.413 e. The Morgan fingerprint density at radius 2 is 1.61 bits per heavy atom. The molecule has 4 aliphatic carbocycles. The minimum absolute atomic E-state index is 0.236. The first-order valence-electron chi connectivity index (χ1n) is 16.4. The van der Waals surface area contributed by atoms with Crippen molar-refractivity contribution in [3.05, 3.63) is 22.8 Å². The first kappa shape index (κ1) is 30.6. The molecule has 1 unspecified atom stereocenters. The van der Waals surface area contributed by atoms with Gasteiger partial charge in [-0.3, -0.25) is 0 Å². The van der Waals surface area contributed by atoms with E-state index in [-0.39, 0.29) is 10.5 Å². The van der Waals surface area contributed by atoms with E-state index in [1.807, 2.05) is 11.1 Å².